The number of aliphatic carboxylic acids is 1. The SMILES string of the molecule is CC(=O)N[C@@H]1[C@@H](O[C@@H]2OC(C(=O)O)=C(O)[C@H](O)[C@H]2O)[C@@H](O)[C@@H](CO)O[C@H]1O. The second-order valence-corrected chi connectivity index (χ2v) is 6.01. The molecule has 8 N–H and O–H groups in total. The van der Waals surface area contributed by atoms with Crippen molar-refractivity contribution in [1.82, 2.24) is 5.32 Å². The van der Waals surface area contributed by atoms with Crippen LogP contribution < -0.4 is 5.32 Å². The fourth-order valence-corrected chi connectivity index (χ4v) is 2.75. The average Bonchev–Trinajstić information content (AvgIpc) is 2.60. The topological polar surface area (TPSA) is 215 Å². The summed E-state index contributed by atoms with van der Waals surface area (Å²) in [5.41, 5.74) is 0. The van der Waals surface area contributed by atoms with Gasteiger partial charge in [0, 0.05) is 6.92 Å². The number of nitrogens with one attached hydrogen (secondary N) is 1. The quantitative estimate of drug-likeness (QED) is 0.223. The zero-order chi connectivity index (χ0) is 20.5. The van der Waals surface area contributed by atoms with Crippen LogP contribution in [-0.2, 0) is 23.8 Å². The molecule has 8 atom stereocenters. The van der Waals surface area contributed by atoms with Gasteiger partial charge in [-0.05, 0) is 0 Å². The van der Waals surface area contributed by atoms with Crippen molar-refractivity contribution in [3.8, 4) is 0 Å². The average molecular weight is 395 g/mol. The van der Waals surface area contributed by atoms with E-state index in [1.807, 2.05) is 0 Å². The molecule has 27 heavy (non-hydrogen) atoms. The minimum atomic E-state index is -2.07. The van der Waals surface area contributed by atoms with Crippen LogP contribution in [-0.4, -0.2) is 103 Å². The number of carbonyl (C=O) groups excluding carboxylic acids is 1. The molecule has 0 spiro atoms. The molecule has 0 bridgehead atoms. The number of aliphatic hydroxyl groups is 6. The number of carbonyl (C=O) groups is 2. The highest BCUT2D eigenvalue weighted by Crippen LogP contribution is 2.29. The van der Waals surface area contributed by atoms with Crippen LogP contribution in [0.3, 0.4) is 0 Å². The third-order valence-electron chi connectivity index (χ3n) is 4.08. The van der Waals surface area contributed by atoms with Crippen LogP contribution in [0.5, 0.6) is 0 Å². The predicted octanol–water partition coefficient (Wildman–Crippen LogP) is -4.12. The standard InChI is InChI=1S/C14H21NO12/c1-3(17)15-5-10(6(18)4(2-16)25-13(5)24)26-14-9(21)7(19)8(20)11(27-14)12(22)23/h4-7,9-10,13-14,16,18-21,24H,2H2,1H3,(H,15,17)(H,22,23)/t4-,5-,6+,7+,9-,10-,13-,14-/m1/s1. The van der Waals surface area contributed by atoms with Gasteiger partial charge in [-0.2, -0.15) is 0 Å². The number of rotatable bonds is 5. The van der Waals surface area contributed by atoms with Crippen LogP contribution in [0.1, 0.15) is 6.92 Å². The summed E-state index contributed by atoms with van der Waals surface area (Å²) in [5, 5.41) is 70.1. The van der Waals surface area contributed by atoms with E-state index in [4.69, 9.17) is 19.3 Å². The first-order valence-corrected chi connectivity index (χ1v) is 7.82. The Labute approximate surface area is 152 Å². The van der Waals surface area contributed by atoms with E-state index in [1.165, 1.54) is 0 Å². The third-order valence-corrected chi connectivity index (χ3v) is 4.08. The summed E-state index contributed by atoms with van der Waals surface area (Å²) >= 11 is 0. The molecule has 2 aliphatic heterocycles. The minimum absolute atomic E-state index is 0.639. The molecule has 1 fully saturated rings. The first kappa shape index (κ1) is 21.3. The molecule has 0 aliphatic carbocycles. The van der Waals surface area contributed by atoms with Gasteiger partial charge in [-0.25, -0.2) is 4.79 Å². The molecule has 1 saturated heterocycles. The van der Waals surface area contributed by atoms with Gasteiger partial charge < -0.3 is 55.3 Å². The second-order valence-electron chi connectivity index (χ2n) is 6.01. The summed E-state index contributed by atoms with van der Waals surface area (Å²) in [6, 6.07) is -1.39. The molecule has 13 nitrogen and oxygen atoms in total. The third kappa shape index (κ3) is 4.30. The van der Waals surface area contributed by atoms with Gasteiger partial charge in [0.1, 0.15) is 36.6 Å². The number of aliphatic hydroxyl groups excluding tert-OH is 6. The Morgan fingerprint density at radius 3 is 2.33 bits per heavy atom. The van der Waals surface area contributed by atoms with Crippen LogP contribution >= 0.6 is 0 Å². The fraction of sp³-hybridized carbons (Fsp3) is 0.714. The monoisotopic (exact) mass is 395 g/mol. The first-order chi connectivity index (χ1) is 12.6. The van der Waals surface area contributed by atoms with Gasteiger partial charge in [0.05, 0.1) is 6.61 Å². The fourth-order valence-electron chi connectivity index (χ4n) is 2.75. The molecule has 2 heterocycles. The van der Waals surface area contributed by atoms with Crippen molar-refractivity contribution >= 4 is 11.9 Å². The van der Waals surface area contributed by atoms with Gasteiger partial charge in [0.25, 0.3) is 0 Å². The van der Waals surface area contributed by atoms with E-state index >= 15 is 0 Å². The molecule has 0 saturated carbocycles. The number of hydrogen-bond donors (Lipinski definition) is 8. The van der Waals surface area contributed by atoms with Crippen LogP contribution in [0.2, 0.25) is 0 Å². The van der Waals surface area contributed by atoms with E-state index in [1.54, 1.807) is 0 Å². The van der Waals surface area contributed by atoms with Gasteiger partial charge in [-0.1, -0.05) is 0 Å². The number of amides is 1. The maximum Gasteiger partial charge on any atom is 0.375 e. The Balaban J connectivity index is 2.29. The molecule has 0 aromatic rings. The smallest absolute Gasteiger partial charge is 0.375 e. The molecule has 1 amide bonds. The van der Waals surface area contributed by atoms with Gasteiger partial charge in [0.2, 0.25) is 18.0 Å². The lowest BCUT2D eigenvalue weighted by Crippen LogP contribution is -2.66. The zero-order valence-corrected chi connectivity index (χ0v) is 14.0. The van der Waals surface area contributed by atoms with Gasteiger partial charge >= 0.3 is 5.97 Å². The largest absolute Gasteiger partial charge is 0.506 e. The molecule has 154 valence electrons. The molecule has 0 aromatic carbocycles. The van der Waals surface area contributed by atoms with Crippen LogP contribution in [0, 0.1) is 0 Å². The van der Waals surface area contributed by atoms with E-state index in [2.05, 4.69) is 5.32 Å². The van der Waals surface area contributed by atoms with Crippen molar-refractivity contribution < 1.29 is 59.5 Å². The lowest BCUT2D eigenvalue weighted by molar-refractivity contribution is -0.304. The van der Waals surface area contributed by atoms with E-state index in [0.29, 0.717) is 0 Å². The Morgan fingerprint density at radius 1 is 1.19 bits per heavy atom. The minimum Gasteiger partial charge on any atom is -0.506 e. The van der Waals surface area contributed by atoms with Crippen molar-refractivity contribution in [2.75, 3.05) is 6.61 Å². The Morgan fingerprint density at radius 2 is 1.81 bits per heavy atom. The van der Waals surface area contributed by atoms with Crippen LogP contribution in [0.4, 0.5) is 0 Å². The van der Waals surface area contributed by atoms with Crippen molar-refractivity contribution in [2.45, 2.75) is 56.1 Å². The zero-order valence-electron chi connectivity index (χ0n) is 14.0. The van der Waals surface area contributed by atoms with E-state index in [-0.39, 0.29) is 0 Å². The summed E-state index contributed by atoms with van der Waals surface area (Å²) in [6.07, 6.45) is -12.2. The number of ether oxygens (including phenoxy) is 3. The van der Waals surface area contributed by atoms with Gasteiger partial charge in [0.15, 0.2) is 12.0 Å². The summed E-state index contributed by atoms with van der Waals surface area (Å²) in [4.78, 5) is 22.4. The molecule has 0 unspecified atom stereocenters. The van der Waals surface area contributed by atoms with E-state index in [9.17, 15) is 40.2 Å². The summed E-state index contributed by atoms with van der Waals surface area (Å²) in [6.45, 7) is 0.371. The lowest BCUT2D eigenvalue weighted by atomic mass is 9.96. The molecule has 0 aromatic heterocycles. The van der Waals surface area contributed by atoms with Crippen LogP contribution in [0.25, 0.3) is 0 Å². The van der Waals surface area contributed by atoms with E-state index < -0.39 is 79.1 Å². The van der Waals surface area contributed by atoms with Crippen molar-refractivity contribution in [2.24, 2.45) is 0 Å². The van der Waals surface area contributed by atoms with Gasteiger partial charge in [-0.15, -0.1) is 0 Å². The van der Waals surface area contributed by atoms with Crippen LogP contribution in [0.15, 0.2) is 11.5 Å². The maximum atomic E-state index is 11.4. The van der Waals surface area contributed by atoms with Gasteiger partial charge in [-0.3, -0.25) is 4.79 Å². The molecular formula is C14H21NO12. The Kier molecular flexibility index (Phi) is 6.59. The molecule has 2 aliphatic rings. The lowest BCUT2D eigenvalue weighted by Gasteiger charge is -2.44. The highest BCUT2D eigenvalue weighted by Gasteiger charge is 2.50. The first-order valence-electron chi connectivity index (χ1n) is 7.82. The highest BCUT2D eigenvalue weighted by atomic mass is 16.7. The Bertz CT molecular complexity index is 609. The highest BCUT2D eigenvalue weighted by molar-refractivity contribution is 5.85. The normalized spacial score (nSPS) is 39.6. The maximum absolute atomic E-state index is 11.4. The van der Waals surface area contributed by atoms with Crippen molar-refractivity contribution in [1.29, 1.82) is 0 Å². The number of carboxylic acid groups (broad SMARTS) is 1. The number of hydrogen-bond acceptors (Lipinski definition) is 11. The second kappa shape index (κ2) is 8.35. The van der Waals surface area contributed by atoms with E-state index in [0.717, 1.165) is 6.92 Å². The predicted molar refractivity (Wildman–Crippen MR) is 80.6 cm³/mol. The summed E-state index contributed by atoms with van der Waals surface area (Å²) < 4.78 is 15.1. The summed E-state index contributed by atoms with van der Waals surface area (Å²) in [7, 11) is 0. The molecule has 13 heteroatoms. The molecule has 2 rings (SSSR count). The summed E-state index contributed by atoms with van der Waals surface area (Å²) in [5.74, 6) is -4.62. The number of carboxylic acids is 1. The van der Waals surface area contributed by atoms with Crippen molar-refractivity contribution in [3.05, 3.63) is 11.5 Å². The Hall–Kier alpha value is -2.00. The molecule has 0 radical (unpaired) electrons. The molecular weight excluding hydrogens is 374 g/mol. The van der Waals surface area contributed by atoms with Crippen molar-refractivity contribution in [3.63, 3.8) is 0 Å².